The number of nitrogens with zero attached hydrogens (tertiary/aromatic N) is 2. The van der Waals surface area contributed by atoms with E-state index in [1.54, 1.807) is 29.2 Å². The minimum Gasteiger partial charge on any atom is -0.507 e. The molecule has 0 bridgehead atoms. The molecule has 0 saturated carbocycles. The van der Waals surface area contributed by atoms with Gasteiger partial charge in [-0.05, 0) is 22.9 Å². The Morgan fingerprint density at radius 1 is 1.00 bits per heavy atom. The van der Waals surface area contributed by atoms with Crippen molar-refractivity contribution in [2.24, 2.45) is 0 Å². The molecule has 0 saturated heterocycles. The van der Waals surface area contributed by atoms with Crippen LogP contribution in [-0.2, 0) is 13.0 Å². The fourth-order valence-electron chi connectivity index (χ4n) is 3.95. The lowest BCUT2D eigenvalue weighted by Crippen LogP contribution is -2.36. The van der Waals surface area contributed by atoms with E-state index in [2.05, 4.69) is 34.5 Å². The molecule has 1 aliphatic rings. The maximum absolute atomic E-state index is 12.9. The number of H-pyrrole nitrogens is 1. The smallest absolute Gasteiger partial charge is 0.257 e. The summed E-state index contributed by atoms with van der Waals surface area (Å²) in [5, 5.41) is 20.1. The summed E-state index contributed by atoms with van der Waals surface area (Å²) in [6.07, 6.45) is 0.715. The van der Waals surface area contributed by atoms with E-state index >= 15 is 0 Å². The zero-order valence-corrected chi connectivity index (χ0v) is 15.2. The van der Waals surface area contributed by atoms with Gasteiger partial charge in [0.2, 0.25) is 0 Å². The molecule has 0 atom stereocenters. The lowest BCUT2D eigenvalue weighted by Gasteiger charge is -2.27. The van der Waals surface area contributed by atoms with Crippen molar-refractivity contribution >= 4 is 16.7 Å². The first-order valence-corrected chi connectivity index (χ1v) is 9.34. The van der Waals surface area contributed by atoms with Crippen molar-refractivity contribution in [3.8, 4) is 17.0 Å². The van der Waals surface area contributed by atoms with Crippen molar-refractivity contribution < 1.29 is 9.90 Å². The maximum atomic E-state index is 12.9. The van der Waals surface area contributed by atoms with Gasteiger partial charge in [-0.3, -0.25) is 9.89 Å². The first kappa shape index (κ1) is 16.6. The number of para-hydroxylation sites is 1. The third-order valence-electron chi connectivity index (χ3n) is 5.40. The number of benzene rings is 3. The van der Waals surface area contributed by atoms with Crippen molar-refractivity contribution in [3.05, 3.63) is 83.6 Å². The summed E-state index contributed by atoms with van der Waals surface area (Å²) >= 11 is 0. The van der Waals surface area contributed by atoms with E-state index < -0.39 is 0 Å². The van der Waals surface area contributed by atoms with E-state index in [4.69, 9.17) is 0 Å². The Labute approximate surface area is 162 Å². The largest absolute Gasteiger partial charge is 0.507 e. The molecule has 4 aromatic rings. The minimum absolute atomic E-state index is 0.0137. The molecule has 5 nitrogen and oxygen atoms in total. The van der Waals surface area contributed by atoms with E-state index in [1.165, 1.54) is 0 Å². The molecule has 0 aliphatic carbocycles. The van der Waals surface area contributed by atoms with Gasteiger partial charge in [-0.1, -0.05) is 54.6 Å². The molecular weight excluding hydrogens is 350 g/mol. The molecular formula is C23H19N3O2. The summed E-state index contributed by atoms with van der Waals surface area (Å²) in [5.41, 5.74) is 4.41. The SMILES string of the molecule is O=C(c1ccccc1O)N1CCc2[nH]nc(-c3cccc4ccccc34)c2C1. The van der Waals surface area contributed by atoms with Crippen LogP contribution in [0, 0.1) is 0 Å². The van der Waals surface area contributed by atoms with Gasteiger partial charge in [0.25, 0.3) is 5.91 Å². The van der Waals surface area contributed by atoms with Crippen molar-refractivity contribution in [2.75, 3.05) is 6.54 Å². The second-order valence-electron chi connectivity index (χ2n) is 7.05. The summed E-state index contributed by atoms with van der Waals surface area (Å²) < 4.78 is 0. The van der Waals surface area contributed by atoms with Gasteiger partial charge >= 0.3 is 0 Å². The highest BCUT2D eigenvalue weighted by atomic mass is 16.3. The van der Waals surface area contributed by atoms with Crippen molar-refractivity contribution in [1.29, 1.82) is 0 Å². The van der Waals surface area contributed by atoms with Crippen LogP contribution in [0.15, 0.2) is 66.7 Å². The molecule has 2 heterocycles. The van der Waals surface area contributed by atoms with E-state index in [0.717, 1.165) is 33.3 Å². The number of nitrogens with one attached hydrogen (secondary N) is 1. The molecule has 1 aromatic heterocycles. The zero-order chi connectivity index (χ0) is 19.1. The minimum atomic E-state index is -0.159. The molecule has 0 unspecified atom stereocenters. The van der Waals surface area contributed by atoms with Crippen LogP contribution < -0.4 is 0 Å². The number of phenolic OH excluding ortho intramolecular Hbond substituents is 1. The number of fused-ring (bicyclic) bond motifs is 2. The van der Waals surface area contributed by atoms with Crippen molar-refractivity contribution in [2.45, 2.75) is 13.0 Å². The van der Waals surface area contributed by atoms with Crippen LogP contribution in [0.3, 0.4) is 0 Å². The number of phenols is 1. The Morgan fingerprint density at radius 2 is 1.79 bits per heavy atom. The van der Waals surface area contributed by atoms with E-state index in [1.807, 2.05) is 18.2 Å². The number of hydrogen-bond donors (Lipinski definition) is 2. The molecule has 5 heteroatoms. The van der Waals surface area contributed by atoms with Crippen LogP contribution in [0.2, 0.25) is 0 Å². The number of hydrogen-bond acceptors (Lipinski definition) is 3. The fraction of sp³-hybridized carbons (Fsp3) is 0.130. The maximum Gasteiger partial charge on any atom is 0.257 e. The Kier molecular flexibility index (Phi) is 3.86. The van der Waals surface area contributed by atoms with Crippen LogP contribution in [0.1, 0.15) is 21.6 Å². The average molecular weight is 369 g/mol. The number of aromatic nitrogens is 2. The molecule has 0 fully saturated rings. The van der Waals surface area contributed by atoms with Crippen molar-refractivity contribution in [3.63, 3.8) is 0 Å². The monoisotopic (exact) mass is 369 g/mol. The van der Waals surface area contributed by atoms with Gasteiger partial charge in [0.1, 0.15) is 5.75 Å². The average Bonchev–Trinajstić information content (AvgIpc) is 3.16. The first-order chi connectivity index (χ1) is 13.7. The van der Waals surface area contributed by atoms with E-state index in [9.17, 15) is 9.90 Å². The number of amides is 1. The van der Waals surface area contributed by atoms with E-state index in [0.29, 0.717) is 25.1 Å². The molecule has 0 spiro atoms. The van der Waals surface area contributed by atoms with Gasteiger partial charge in [0.05, 0.1) is 11.3 Å². The molecule has 0 radical (unpaired) electrons. The summed E-state index contributed by atoms with van der Waals surface area (Å²) in [4.78, 5) is 14.7. The van der Waals surface area contributed by atoms with Gasteiger partial charge in [-0.2, -0.15) is 5.10 Å². The van der Waals surface area contributed by atoms with Crippen LogP contribution in [0.4, 0.5) is 0 Å². The molecule has 2 N–H and O–H groups in total. The van der Waals surface area contributed by atoms with Crippen LogP contribution >= 0.6 is 0 Å². The summed E-state index contributed by atoms with van der Waals surface area (Å²) in [5.74, 6) is -0.145. The van der Waals surface area contributed by atoms with Gasteiger partial charge in [0.15, 0.2) is 0 Å². The molecule has 3 aromatic carbocycles. The summed E-state index contributed by atoms with van der Waals surface area (Å²) in [7, 11) is 0. The van der Waals surface area contributed by atoms with Crippen LogP contribution in [-0.4, -0.2) is 32.7 Å². The quantitative estimate of drug-likeness (QED) is 0.558. The van der Waals surface area contributed by atoms with Gasteiger partial charge in [0, 0.05) is 36.3 Å². The standard InChI is InChI=1S/C23H19N3O2/c27-21-11-4-3-9-18(21)23(28)26-13-12-20-19(14-26)22(25-24-20)17-10-5-7-15-6-1-2-8-16(15)17/h1-11,27H,12-14H2,(H,24,25). The Hall–Kier alpha value is -3.60. The van der Waals surface area contributed by atoms with Gasteiger partial charge in [-0.25, -0.2) is 0 Å². The second-order valence-corrected chi connectivity index (χ2v) is 7.05. The number of rotatable bonds is 2. The fourth-order valence-corrected chi connectivity index (χ4v) is 3.95. The normalized spacial score (nSPS) is 13.5. The van der Waals surface area contributed by atoms with Crippen molar-refractivity contribution in [1.82, 2.24) is 15.1 Å². The summed E-state index contributed by atoms with van der Waals surface area (Å²) in [6.45, 7) is 1.06. The molecule has 5 rings (SSSR count). The van der Waals surface area contributed by atoms with Gasteiger partial charge < -0.3 is 10.0 Å². The van der Waals surface area contributed by atoms with Crippen LogP contribution in [0.5, 0.6) is 5.75 Å². The topological polar surface area (TPSA) is 69.2 Å². The lowest BCUT2D eigenvalue weighted by molar-refractivity contribution is 0.0731. The number of carbonyl (C=O) groups excluding carboxylic acids is 1. The molecule has 1 aliphatic heterocycles. The first-order valence-electron chi connectivity index (χ1n) is 9.34. The third kappa shape index (κ3) is 2.63. The summed E-state index contributed by atoms with van der Waals surface area (Å²) in [6, 6.07) is 21.1. The molecule has 1 amide bonds. The predicted octanol–water partition coefficient (Wildman–Crippen LogP) is 4.13. The molecule has 28 heavy (non-hydrogen) atoms. The predicted molar refractivity (Wildman–Crippen MR) is 108 cm³/mol. The Bertz CT molecular complexity index is 1190. The van der Waals surface area contributed by atoms with E-state index in [-0.39, 0.29) is 11.7 Å². The second kappa shape index (κ2) is 6.53. The number of aromatic hydroxyl groups is 1. The highest BCUT2D eigenvalue weighted by Gasteiger charge is 2.27. The Balaban J connectivity index is 1.54. The third-order valence-corrected chi connectivity index (χ3v) is 5.40. The number of carbonyl (C=O) groups is 1. The van der Waals surface area contributed by atoms with Gasteiger partial charge in [-0.15, -0.1) is 0 Å². The lowest BCUT2D eigenvalue weighted by atomic mass is 9.96. The Morgan fingerprint density at radius 3 is 2.68 bits per heavy atom. The highest BCUT2D eigenvalue weighted by Crippen LogP contribution is 2.33. The number of aromatic amines is 1. The molecule has 138 valence electrons. The highest BCUT2D eigenvalue weighted by molar-refractivity contribution is 5.98. The van der Waals surface area contributed by atoms with Crippen LogP contribution in [0.25, 0.3) is 22.0 Å². The zero-order valence-electron chi connectivity index (χ0n) is 15.2.